The molecule has 4 heteroatoms. The molecule has 18 heavy (non-hydrogen) atoms. The maximum atomic E-state index is 5.61. The molecule has 4 nitrogen and oxygen atoms in total. The molecular weight excluding hydrogens is 228 g/mol. The standard InChI is InChI=1S/C14H28N2O2/c1-3-17-14(18-4-2)12-16-9-7-15(8-10-16)11-13-5-6-13/h13-14H,3-12H2,1-2H3. The Morgan fingerprint density at radius 1 is 0.944 bits per heavy atom. The topological polar surface area (TPSA) is 24.9 Å². The van der Waals surface area contributed by atoms with Crippen LogP contribution in [0.15, 0.2) is 0 Å². The molecule has 0 aromatic carbocycles. The van der Waals surface area contributed by atoms with Crippen molar-refractivity contribution in [2.45, 2.75) is 33.0 Å². The molecule has 0 spiro atoms. The molecule has 0 radical (unpaired) electrons. The summed E-state index contributed by atoms with van der Waals surface area (Å²) in [5, 5.41) is 0. The Bertz CT molecular complexity index is 220. The number of hydrogen-bond acceptors (Lipinski definition) is 4. The van der Waals surface area contributed by atoms with Crippen molar-refractivity contribution >= 4 is 0 Å². The van der Waals surface area contributed by atoms with Crippen LogP contribution in [0.3, 0.4) is 0 Å². The van der Waals surface area contributed by atoms with Crippen LogP contribution in [0.5, 0.6) is 0 Å². The van der Waals surface area contributed by atoms with Crippen molar-refractivity contribution in [3.8, 4) is 0 Å². The van der Waals surface area contributed by atoms with Crippen LogP contribution >= 0.6 is 0 Å². The highest BCUT2D eigenvalue weighted by Crippen LogP contribution is 2.29. The van der Waals surface area contributed by atoms with Crippen molar-refractivity contribution in [3.63, 3.8) is 0 Å². The number of rotatable bonds is 8. The van der Waals surface area contributed by atoms with E-state index >= 15 is 0 Å². The summed E-state index contributed by atoms with van der Waals surface area (Å²) in [6, 6.07) is 0. The summed E-state index contributed by atoms with van der Waals surface area (Å²) in [4.78, 5) is 5.09. The molecule has 1 saturated heterocycles. The fourth-order valence-corrected chi connectivity index (χ4v) is 2.56. The minimum Gasteiger partial charge on any atom is -0.352 e. The van der Waals surface area contributed by atoms with E-state index in [0.29, 0.717) is 0 Å². The normalized spacial score (nSPS) is 22.8. The summed E-state index contributed by atoms with van der Waals surface area (Å²) in [7, 11) is 0. The molecule has 0 atom stereocenters. The van der Waals surface area contributed by atoms with E-state index in [2.05, 4.69) is 9.80 Å². The van der Waals surface area contributed by atoms with Gasteiger partial charge in [0.2, 0.25) is 0 Å². The van der Waals surface area contributed by atoms with E-state index in [-0.39, 0.29) is 6.29 Å². The average molecular weight is 256 g/mol. The summed E-state index contributed by atoms with van der Waals surface area (Å²) in [5.74, 6) is 1.01. The zero-order valence-electron chi connectivity index (χ0n) is 11.9. The SMILES string of the molecule is CCOC(CN1CCN(CC2CC2)CC1)OCC. The maximum absolute atomic E-state index is 5.61. The Balaban J connectivity index is 1.64. The third kappa shape index (κ3) is 4.84. The van der Waals surface area contributed by atoms with Crippen LogP contribution < -0.4 is 0 Å². The molecule has 2 aliphatic rings. The Labute approximate surface area is 111 Å². The van der Waals surface area contributed by atoms with E-state index < -0.39 is 0 Å². The predicted molar refractivity (Wildman–Crippen MR) is 72.6 cm³/mol. The Hall–Kier alpha value is -0.160. The third-order valence-corrected chi connectivity index (χ3v) is 3.79. The molecule has 1 heterocycles. The van der Waals surface area contributed by atoms with Crippen molar-refractivity contribution < 1.29 is 9.47 Å². The number of ether oxygens (including phenoxy) is 2. The Kier molecular flexibility index (Phi) is 5.89. The van der Waals surface area contributed by atoms with Gasteiger partial charge in [-0.3, -0.25) is 4.90 Å². The van der Waals surface area contributed by atoms with Gasteiger partial charge in [-0.25, -0.2) is 0 Å². The van der Waals surface area contributed by atoms with Crippen LogP contribution in [0.1, 0.15) is 26.7 Å². The van der Waals surface area contributed by atoms with Crippen LogP contribution in [0, 0.1) is 5.92 Å². The van der Waals surface area contributed by atoms with Gasteiger partial charge in [-0.05, 0) is 32.6 Å². The third-order valence-electron chi connectivity index (χ3n) is 3.79. The average Bonchev–Trinajstić information content (AvgIpc) is 3.16. The van der Waals surface area contributed by atoms with E-state index in [1.807, 2.05) is 13.8 Å². The van der Waals surface area contributed by atoms with Crippen LogP contribution in [0.25, 0.3) is 0 Å². The summed E-state index contributed by atoms with van der Waals surface area (Å²) >= 11 is 0. The second-order valence-electron chi connectivity index (χ2n) is 5.38. The van der Waals surface area contributed by atoms with Gasteiger partial charge in [0.25, 0.3) is 0 Å². The molecule has 1 saturated carbocycles. The summed E-state index contributed by atoms with van der Waals surface area (Å²) in [6.45, 7) is 12.5. The van der Waals surface area contributed by atoms with Crippen molar-refractivity contribution in [2.24, 2.45) is 5.92 Å². The largest absolute Gasteiger partial charge is 0.352 e. The van der Waals surface area contributed by atoms with Gasteiger partial charge in [0, 0.05) is 52.5 Å². The smallest absolute Gasteiger partial charge is 0.170 e. The molecule has 0 bridgehead atoms. The lowest BCUT2D eigenvalue weighted by molar-refractivity contribution is -0.149. The van der Waals surface area contributed by atoms with Crippen molar-refractivity contribution in [1.82, 2.24) is 9.80 Å². The van der Waals surface area contributed by atoms with Crippen LogP contribution in [0.2, 0.25) is 0 Å². The summed E-state index contributed by atoms with van der Waals surface area (Å²) in [5.41, 5.74) is 0. The molecule has 0 aromatic rings. The van der Waals surface area contributed by atoms with Crippen molar-refractivity contribution in [3.05, 3.63) is 0 Å². The van der Waals surface area contributed by atoms with Gasteiger partial charge >= 0.3 is 0 Å². The number of piperazine rings is 1. The first kappa shape index (κ1) is 14.3. The van der Waals surface area contributed by atoms with E-state index in [1.165, 1.54) is 32.5 Å². The van der Waals surface area contributed by atoms with Crippen molar-refractivity contribution in [2.75, 3.05) is 52.5 Å². The van der Waals surface area contributed by atoms with Gasteiger partial charge < -0.3 is 14.4 Å². The van der Waals surface area contributed by atoms with Crippen LogP contribution in [0.4, 0.5) is 0 Å². The lowest BCUT2D eigenvalue weighted by Crippen LogP contribution is -2.49. The zero-order chi connectivity index (χ0) is 12.8. The van der Waals surface area contributed by atoms with Gasteiger partial charge in [0.15, 0.2) is 6.29 Å². The van der Waals surface area contributed by atoms with Crippen LogP contribution in [-0.2, 0) is 9.47 Å². The molecule has 2 rings (SSSR count). The van der Waals surface area contributed by atoms with Gasteiger partial charge in [0.1, 0.15) is 0 Å². The Morgan fingerprint density at radius 3 is 2.00 bits per heavy atom. The van der Waals surface area contributed by atoms with Crippen LogP contribution in [-0.4, -0.2) is 68.6 Å². The molecule has 0 N–H and O–H groups in total. The first-order valence-electron chi connectivity index (χ1n) is 7.49. The highest BCUT2D eigenvalue weighted by molar-refractivity contribution is 4.80. The quantitative estimate of drug-likeness (QED) is 0.613. The molecule has 0 aromatic heterocycles. The highest BCUT2D eigenvalue weighted by Gasteiger charge is 2.27. The summed E-state index contributed by atoms with van der Waals surface area (Å²) in [6.07, 6.45) is 2.86. The molecule has 1 aliphatic carbocycles. The van der Waals surface area contributed by atoms with Gasteiger partial charge in [0.05, 0.1) is 0 Å². The monoisotopic (exact) mass is 256 g/mol. The lowest BCUT2D eigenvalue weighted by atomic mass is 10.3. The summed E-state index contributed by atoms with van der Waals surface area (Å²) < 4.78 is 11.2. The number of nitrogens with zero attached hydrogens (tertiary/aromatic N) is 2. The first-order chi connectivity index (χ1) is 8.81. The molecule has 1 aliphatic heterocycles. The molecule has 0 amide bonds. The molecule has 106 valence electrons. The lowest BCUT2D eigenvalue weighted by Gasteiger charge is -2.36. The van der Waals surface area contributed by atoms with Crippen molar-refractivity contribution in [1.29, 1.82) is 0 Å². The van der Waals surface area contributed by atoms with Gasteiger partial charge in [-0.15, -0.1) is 0 Å². The molecular formula is C14H28N2O2. The van der Waals surface area contributed by atoms with E-state index in [0.717, 1.165) is 38.8 Å². The fraction of sp³-hybridized carbons (Fsp3) is 1.00. The zero-order valence-corrected chi connectivity index (χ0v) is 11.9. The second kappa shape index (κ2) is 7.43. The van der Waals surface area contributed by atoms with E-state index in [4.69, 9.17) is 9.47 Å². The fourth-order valence-electron chi connectivity index (χ4n) is 2.56. The molecule has 0 unspecified atom stereocenters. The van der Waals surface area contributed by atoms with Gasteiger partial charge in [-0.2, -0.15) is 0 Å². The minimum absolute atomic E-state index is 0.0463. The van der Waals surface area contributed by atoms with E-state index in [1.54, 1.807) is 0 Å². The minimum atomic E-state index is -0.0463. The maximum Gasteiger partial charge on any atom is 0.170 e. The van der Waals surface area contributed by atoms with E-state index in [9.17, 15) is 0 Å². The number of hydrogen-bond donors (Lipinski definition) is 0. The first-order valence-corrected chi connectivity index (χ1v) is 7.49. The second-order valence-corrected chi connectivity index (χ2v) is 5.38. The highest BCUT2D eigenvalue weighted by atomic mass is 16.7. The van der Waals surface area contributed by atoms with Gasteiger partial charge in [-0.1, -0.05) is 0 Å². The predicted octanol–water partition coefficient (Wildman–Crippen LogP) is 1.41. The molecule has 2 fully saturated rings. The Morgan fingerprint density at radius 2 is 1.50 bits per heavy atom.